The Morgan fingerprint density at radius 1 is 1.15 bits per heavy atom. The molecule has 2 rings (SSSR count). The number of anilines is 1. The fourth-order valence-corrected chi connectivity index (χ4v) is 1.68. The predicted octanol–water partition coefficient (Wildman–Crippen LogP) is 1.63. The number of carbonyl (C=O) groups excluding carboxylic acids is 1. The van der Waals surface area contributed by atoms with Crippen LogP contribution >= 0.6 is 0 Å². The van der Waals surface area contributed by atoms with E-state index in [2.05, 4.69) is 10.3 Å². The van der Waals surface area contributed by atoms with Crippen molar-refractivity contribution in [2.45, 2.75) is 6.92 Å². The number of amides is 1. The first-order chi connectivity index (χ1) is 9.47. The molecule has 1 amide bonds. The van der Waals surface area contributed by atoms with Gasteiger partial charge in [0, 0.05) is 18.0 Å². The van der Waals surface area contributed by atoms with E-state index in [1.165, 1.54) is 36.5 Å². The molecule has 0 saturated carbocycles. The van der Waals surface area contributed by atoms with Crippen molar-refractivity contribution >= 4 is 17.6 Å². The molecule has 0 fully saturated rings. The fourth-order valence-electron chi connectivity index (χ4n) is 1.68. The second kappa shape index (κ2) is 5.40. The monoisotopic (exact) mass is 272 g/mol. The first-order valence-electron chi connectivity index (χ1n) is 5.81. The summed E-state index contributed by atoms with van der Waals surface area (Å²) < 4.78 is 0. The highest BCUT2D eigenvalue weighted by atomic mass is 16.4. The van der Waals surface area contributed by atoms with Gasteiger partial charge in [0.25, 0.3) is 5.91 Å². The summed E-state index contributed by atoms with van der Waals surface area (Å²) in [5.41, 5.74) is 1.34. The molecule has 0 aliphatic rings. The summed E-state index contributed by atoms with van der Waals surface area (Å²) >= 11 is 0. The maximum Gasteiger partial charge on any atom is 0.335 e. The fraction of sp³-hybridized carbons (Fsp3) is 0.0714. The number of aryl methyl sites for hydroxylation is 1. The van der Waals surface area contributed by atoms with Crippen LogP contribution in [0.1, 0.15) is 26.3 Å². The van der Waals surface area contributed by atoms with E-state index >= 15 is 0 Å². The summed E-state index contributed by atoms with van der Waals surface area (Å²) in [7, 11) is 0. The van der Waals surface area contributed by atoms with Crippen molar-refractivity contribution in [3.05, 3.63) is 63.6 Å². The maximum absolute atomic E-state index is 11.9. The molecule has 1 heterocycles. The number of rotatable bonds is 3. The SMILES string of the molecule is Cc1cc(C(=O)O)ccc1NC(=O)c1ccc(=O)[nH]c1. The van der Waals surface area contributed by atoms with Gasteiger partial charge in [-0.1, -0.05) is 0 Å². The molecule has 6 nitrogen and oxygen atoms in total. The summed E-state index contributed by atoms with van der Waals surface area (Å²) in [5, 5.41) is 11.5. The Bertz CT molecular complexity index is 714. The number of carbonyl (C=O) groups is 2. The second-order valence-corrected chi connectivity index (χ2v) is 4.23. The number of benzene rings is 1. The van der Waals surface area contributed by atoms with Gasteiger partial charge >= 0.3 is 5.97 Å². The number of hydrogen-bond donors (Lipinski definition) is 3. The minimum Gasteiger partial charge on any atom is -0.478 e. The van der Waals surface area contributed by atoms with E-state index in [1.807, 2.05) is 0 Å². The van der Waals surface area contributed by atoms with Crippen LogP contribution in [0.3, 0.4) is 0 Å². The van der Waals surface area contributed by atoms with Crippen molar-refractivity contribution in [3.8, 4) is 0 Å². The predicted molar refractivity (Wildman–Crippen MR) is 73.2 cm³/mol. The van der Waals surface area contributed by atoms with E-state index in [4.69, 9.17) is 5.11 Å². The molecule has 102 valence electrons. The number of carboxylic acid groups (broad SMARTS) is 1. The quantitative estimate of drug-likeness (QED) is 0.790. The molecule has 1 aromatic carbocycles. The molecule has 0 aliphatic heterocycles. The van der Waals surface area contributed by atoms with Crippen molar-refractivity contribution in [1.82, 2.24) is 4.98 Å². The van der Waals surface area contributed by atoms with E-state index in [0.29, 0.717) is 16.8 Å². The minimum absolute atomic E-state index is 0.157. The van der Waals surface area contributed by atoms with Gasteiger partial charge in [-0.25, -0.2) is 4.79 Å². The van der Waals surface area contributed by atoms with Crippen molar-refractivity contribution in [2.75, 3.05) is 5.32 Å². The molecule has 0 radical (unpaired) electrons. The average molecular weight is 272 g/mol. The molecule has 0 bridgehead atoms. The van der Waals surface area contributed by atoms with Gasteiger partial charge in [-0.15, -0.1) is 0 Å². The molecule has 0 spiro atoms. The van der Waals surface area contributed by atoms with Crippen LogP contribution in [-0.4, -0.2) is 22.0 Å². The van der Waals surface area contributed by atoms with Crippen LogP contribution in [0.5, 0.6) is 0 Å². The first-order valence-corrected chi connectivity index (χ1v) is 5.81. The zero-order valence-electron chi connectivity index (χ0n) is 10.6. The number of aromatic nitrogens is 1. The van der Waals surface area contributed by atoms with Crippen molar-refractivity contribution in [3.63, 3.8) is 0 Å². The standard InChI is InChI=1S/C14H12N2O4/c1-8-6-9(14(19)20)2-4-11(8)16-13(18)10-3-5-12(17)15-7-10/h2-7H,1H3,(H,15,17)(H,16,18)(H,19,20). The molecular formula is C14H12N2O4. The number of pyridine rings is 1. The van der Waals surface area contributed by atoms with Crippen LogP contribution in [0.4, 0.5) is 5.69 Å². The van der Waals surface area contributed by atoms with Gasteiger partial charge in [-0.3, -0.25) is 9.59 Å². The second-order valence-electron chi connectivity index (χ2n) is 4.23. The summed E-state index contributed by atoms with van der Waals surface area (Å²) in [6.07, 6.45) is 1.32. The zero-order chi connectivity index (χ0) is 14.7. The molecule has 0 saturated heterocycles. The number of aromatic amines is 1. The Morgan fingerprint density at radius 3 is 2.40 bits per heavy atom. The number of carboxylic acids is 1. The third-order valence-corrected chi connectivity index (χ3v) is 2.77. The van der Waals surface area contributed by atoms with Crippen LogP contribution in [0.15, 0.2) is 41.3 Å². The van der Waals surface area contributed by atoms with Gasteiger partial charge in [0.05, 0.1) is 11.1 Å². The Balaban J connectivity index is 2.21. The smallest absolute Gasteiger partial charge is 0.335 e. The molecular weight excluding hydrogens is 260 g/mol. The lowest BCUT2D eigenvalue weighted by molar-refractivity contribution is 0.0696. The third-order valence-electron chi connectivity index (χ3n) is 2.77. The van der Waals surface area contributed by atoms with Crippen LogP contribution < -0.4 is 10.9 Å². The number of hydrogen-bond acceptors (Lipinski definition) is 3. The van der Waals surface area contributed by atoms with Gasteiger partial charge in [0.1, 0.15) is 0 Å². The summed E-state index contributed by atoms with van der Waals surface area (Å²) in [4.78, 5) is 36.1. The van der Waals surface area contributed by atoms with E-state index in [9.17, 15) is 14.4 Å². The number of H-pyrrole nitrogens is 1. The topological polar surface area (TPSA) is 99.3 Å². The highest BCUT2D eigenvalue weighted by molar-refractivity contribution is 6.04. The lowest BCUT2D eigenvalue weighted by Gasteiger charge is -2.09. The highest BCUT2D eigenvalue weighted by Crippen LogP contribution is 2.17. The lowest BCUT2D eigenvalue weighted by Crippen LogP contribution is -2.15. The van der Waals surface area contributed by atoms with Gasteiger partial charge in [0.15, 0.2) is 0 Å². The maximum atomic E-state index is 11.9. The molecule has 20 heavy (non-hydrogen) atoms. The van der Waals surface area contributed by atoms with Crippen LogP contribution in [0.25, 0.3) is 0 Å². The van der Waals surface area contributed by atoms with E-state index in [1.54, 1.807) is 6.92 Å². The third kappa shape index (κ3) is 2.92. The zero-order valence-corrected chi connectivity index (χ0v) is 10.6. The molecule has 6 heteroatoms. The lowest BCUT2D eigenvalue weighted by atomic mass is 10.1. The molecule has 3 N–H and O–H groups in total. The molecule has 0 unspecified atom stereocenters. The first kappa shape index (κ1) is 13.5. The Labute approximate surface area is 114 Å². The molecule has 2 aromatic rings. The van der Waals surface area contributed by atoms with Crippen LogP contribution in [0.2, 0.25) is 0 Å². The van der Waals surface area contributed by atoms with Gasteiger partial charge in [0.2, 0.25) is 5.56 Å². The van der Waals surface area contributed by atoms with Crippen LogP contribution in [-0.2, 0) is 0 Å². The molecule has 0 aliphatic carbocycles. The summed E-state index contributed by atoms with van der Waals surface area (Å²) in [5.74, 6) is -1.40. The van der Waals surface area contributed by atoms with Gasteiger partial charge < -0.3 is 15.4 Å². The highest BCUT2D eigenvalue weighted by Gasteiger charge is 2.10. The summed E-state index contributed by atoms with van der Waals surface area (Å²) in [6.45, 7) is 1.70. The van der Waals surface area contributed by atoms with Crippen molar-refractivity contribution in [2.24, 2.45) is 0 Å². The van der Waals surface area contributed by atoms with Gasteiger partial charge in [-0.2, -0.15) is 0 Å². The Hall–Kier alpha value is -2.89. The molecule has 0 atom stereocenters. The normalized spacial score (nSPS) is 10.1. The number of nitrogens with one attached hydrogen (secondary N) is 2. The summed E-state index contributed by atoms with van der Waals surface area (Å²) in [6, 6.07) is 7.09. The van der Waals surface area contributed by atoms with Crippen molar-refractivity contribution in [1.29, 1.82) is 0 Å². The van der Waals surface area contributed by atoms with E-state index < -0.39 is 5.97 Å². The van der Waals surface area contributed by atoms with E-state index in [-0.39, 0.29) is 17.0 Å². The van der Waals surface area contributed by atoms with E-state index in [0.717, 1.165) is 0 Å². The largest absolute Gasteiger partial charge is 0.478 e. The Kier molecular flexibility index (Phi) is 3.65. The molecule has 1 aromatic heterocycles. The number of aromatic carboxylic acids is 1. The van der Waals surface area contributed by atoms with Crippen molar-refractivity contribution < 1.29 is 14.7 Å². The van der Waals surface area contributed by atoms with Gasteiger partial charge in [-0.05, 0) is 36.8 Å². The minimum atomic E-state index is -1.02. The average Bonchev–Trinajstić information content (AvgIpc) is 2.41. The Morgan fingerprint density at radius 2 is 1.85 bits per heavy atom. The van der Waals surface area contributed by atoms with Crippen LogP contribution in [0, 0.1) is 6.92 Å².